The monoisotopic (exact) mass is 434 g/mol. The first-order valence-corrected chi connectivity index (χ1v) is 10.4. The van der Waals surface area contributed by atoms with Crippen molar-refractivity contribution in [3.63, 3.8) is 0 Å². The molecule has 1 fully saturated rings. The SMILES string of the molecule is CN(CCOc1cccc(CNC(=O)COc2ccc(F)cc2F)c1)C1CCOCC1. The zero-order valence-electron chi connectivity index (χ0n) is 17.6. The van der Waals surface area contributed by atoms with Crippen molar-refractivity contribution in [3.05, 3.63) is 59.7 Å². The molecule has 31 heavy (non-hydrogen) atoms. The van der Waals surface area contributed by atoms with Crippen LogP contribution in [0.25, 0.3) is 0 Å². The van der Waals surface area contributed by atoms with Gasteiger partial charge in [0.2, 0.25) is 0 Å². The first-order chi connectivity index (χ1) is 15.0. The van der Waals surface area contributed by atoms with Gasteiger partial charge < -0.3 is 19.5 Å². The molecule has 1 heterocycles. The lowest BCUT2D eigenvalue weighted by atomic mass is 10.1. The van der Waals surface area contributed by atoms with E-state index in [9.17, 15) is 13.6 Å². The van der Waals surface area contributed by atoms with E-state index < -0.39 is 17.5 Å². The Balaban J connectivity index is 1.38. The summed E-state index contributed by atoms with van der Waals surface area (Å²) >= 11 is 0. The van der Waals surface area contributed by atoms with Gasteiger partial charge in [-0.25, -0.2) is 8.78 Å². The summed E-state index contributed by atoms with van der Waals surface area (Å²) in [6.07, 6.45) is 2.09. The van der Waals surface area contributed by atoms with Gasteiger partial charge in [0.05, 0.1) is 0 Å². The van der Waals surface area contributed by atoms with Crippen LogP contribution in [-0.4, -0.2) is 56.9 Å². The number of benzene rings is 2. The molecule has 1 saturated heterocycles. The highest BCUT2D eigenvalue weighted by molar-refractivity contribution is 5.77. The smallest absolute Gasteiger partial charge is 0.258 e. The van der Waals surface area contributed by atoms with E-state index in [1.54, 1.807) is 0 Å². The predicted octanol–water partition coefficient (Wildman–Crippen LogP) is 3.15. The third-order valence-electron chi connectivity index (χ3n) is 5.17. The van der Waals surface area contributed by atoms with Gasteiger partial charge >= 0.3 is 0 Å². The Morgan fingerprint density at radius 3 is 2.74 bits per heavy atom. The second-order valence-electron chi connectivity index (χ2n) is 7.46. The predicted molar refractivity (Wildman–Crippen MR) is 112 cm³/mol. The second-order valence-corrected chi connectivity index (χ2v) is 7.46. The Morgan fingerprint density at radius 1 is 1.16 bits per heavy atom. The molecule has 1 amide bonds. The van der Waals surface area contributed by atoms with Crippen LogP contribution in [0, 0.1) is 11.6 Å². The Labute approximate surface area is 181 Å². The summed E-state index contributed by atoms with van der Waals surface area (Å²) in [6.45, 7) is 2.94. The van der Waals surface area contributed by atoms with Crippen molar-refractivity contribution in [1.29, 1.82) is 0 Å². The minimum absolute atomic E-state index is 0.169. The highest BCUT2D eigenvalue weighted by Gasteiger charge is 2.18. The molecule has 0 saturated carbocycles. The van der Waals surface area contributed by atoms with Gasteiger partial charge in [-0.15, -0.1) is 0 Å². The normalized spacial score (nSPS) is 14.5. The van der Waals surface area contributed by atoms with Crippen LogP contribution in [0.5, 0.6) is 11.5 Å². The van der Waals surface area contributed by atoms with Crippen molar-refractivity contribution < 1.29 is 27.8 Å². The molecule has 0 spiro atoms. The standard InChI is InChI=1S/C23H28F2N2O4/c1-27(19-7-10-29-11-8-19)9-12-30-20-4-2-3-17(13-20)15-26-23(28)16-31-22-6-5-18(24)14-21(22)25/h2-6,13-14,19H,7-12,15-16H2,1H3,(H,26,28). The average molecular weight is 434 g/mol. The molecule has 6 nitrogen and oxygen atoms in total. The molecule has 0 aromatic heterocycles. The fraction of sp³-hybridized carbons (Fsp3) is 0.435. The lowest BCUT2D eigenvalue weighted by Crippen LogP contribution is -2.38. The molecule has 0 unspecified atom stereocenters. The van der Waals surface area contributed by atoms with Crippen molar-refractivity contribution in [2.45, 2.75) is 25.4 Å². The molecule has 1 aliphatic rings. The Hall–Kier alpha value is -2.71. The molecule has 2 aromatic carbocycles. The lowest BCUT2D eigenvalue weighted by molar-refractivity contribution is -0.123. The molecule has 168 valence electrons. The first kappa shape index (κ1) is 23.0. The number of carbonyl (C=O) groups is 1. The van der Waals surface area contributed by atoms with Crippen LogP contribution in [0.15, 0.2) is 42.5 Å². The molecule has 0 radical (unpaired) electrons. The van der Waals surface area contributed by atoms with Crippen molar-refractivity contribution in [2.75, 3.05) is 40.0 Å². The Kier molecular flexibility index (Phi) is 8.61. The molecule has 0 aliphatic carbocycles. The van der Waals surface area contributed by atoms with Crippen molar-refractivity contribution in [1.82, 2.24) is 10.2 Å². The summed E-state index contributed by atoms with van der Waals surface area (Å²) in [5, 5.41) is 2.71. The van der Waals surface area contributed by atoms with Crippen molar-refractivity contribution in [3.8, 4) is 11.5 Å². The second kappa shape index (κ2) is 11.6. The van der Waals surface area contributed by atoms with E-state index in [4.69, 9.17) is 14.2 Å². The van der Waals surface area contributed by atoms with Crippen LogP contribution < -0.4 is 14.8 Å². The van der Waals surface area contributed by atoms with Crippen LogP contribution in [-0.2, 0) is 16.1 Å². The zero-order valence-corrected chi connectivity index (χ0v) is 17.6. The highest BCUT2D eigenvalue weighted by atomic mass is 19.1. The zero-order chi connectivity index (χ0) is 22.1. The summed E-state index contributed by atoms with van der Waals surface area (Å²) < 4.78 is 42.8. The number of carbonyl (C=O) groups excluding carboxylic acids is 1. The van der Waals surface area contributed by atoms with Crippen LogP contribution in [0.3, 0.4) is 0 Å². The van der Waals surface area contributed by atoms with Gasteiger partial charge in [-0.3, -0.25) is 9.69 Å². The van der Waals surface area contributed by atoms with Crippen molar-refractivity contribution >= 4 is 5.91 Å². The van der Waals surface area contributed by atoms with Gasteiger partial charge in [0.15, 0.2) is 18.2 Å². The van der Waals surface area contributed by atoms with Crippen LogP contribution in [0.1, 0.15) is 18.4 Å². The molecule has 8 heteroatoms. The fourth-order valence-corrected chi connectivity index (χ4v) is 3.35. The maximum Gasteiger partial charge on any atom is 0.258 e. The molecular formula is C23H28F2N2O4. The van der Waals surface area contributed by atoms with E-state index in [-0.39, 0.29) is 18.9 Å². The number of likely N-dealkylation sites (N-methyl/N-ethyl adjacent to an activating group) is 1. The summed E-state index contributed by atoms with van der Waals surface area (Å²) in [7, 11) is 2.10. The van der Waals surface area contributed by atoms with E-state index in [1.165, 1.54) is 0 Å². The van der Waals surface area contributed by atoms with E-state index in [0.29, 0.717) is 18.7 Å². The maximum absolute atomic E-state index is 13.5. The number of hydrogen-bond donors (Lipinski definition) is 1. The lowest BCUT2D eigenvalue weighted by Gasteiger charge is -2.31. The minimum atomic E-state index is -0.847. The van der Waals surface area contributed by atoms with E-state index in [0.717, 1.165) is 56.0 Å². The first-order valence-electron chi connectivity index (χ1n) is 10.4. The van der Waals surface area contributed by atoms with Crippen LogP contribution in [0.2, 0.25) is 0 Å². The van der Waals surface area contributed by atoms with E-state index in [1.807, 2.05) is 24.3 Å². The average Bonchev–Trinajstić information content (AvgIpc) is 2.78. The third kappa shape index (κ3) is 7.48. The summed E-state index contributed by atoms with van der Waals surface area (Å²) in [5.41, 5.74) is 0.872. The molecule has 1 N–H and O–H groups in total. The van der Waals surface area contributed by atoms with Gasteiger partial charge in [0, 0.05) is 38.4 Å². The quantitative estimate of drug-likeness (QED) is 0.623. The number of nitrogens with one attached hydrogen (secondary N) is 1. The number of ether oxygens (including phenoxy) is 3. The molecule has 3 rings (SSSR count). The largest absolute Gasteiger partial charge is 0.492 e. The van der Waals surface area contributed by atoms with Crippen LogP contribution in [0.4, 0.5) is 8.78 Å². The topological polar surface area (TPSA) is 60.0 Å². The van der Waals surface area contributed by atoms with Gasteiger partial charge in [-0.05, 0) is 49.7 Å². The molecule has 1 aliphatic heterocycles. The Bertz CT molecular complexity index is 859. The molecule has 2 aromatic rings. The Morgan fingerprint density at radius 2 is 1.97 bits per heavy atom. The van der Waals surface area contributed by atoms with Crippen LogP contribution >= 0.6 is 0 Å². The third-order valence-corrected chi connectivity index (χ3v) is 5.17. The highest BCUT2D eigenvalue weighted by Crippen LogP contribution is 2.18. The number of halogens is 2. The van der Waals surface area contributed by atoms with Gasteiger partial charge in [0.1, 0.15) is 18.2 Å². The number of amides is 1. The fourth-order valence-electron chi connectivity index (χ4n) is 3.35. The summed E-state index contributed by atoms with van der Waals surface area (Å²) in [5.74, 6) is -1.39. The van der Waals surface area contributed by atoms with Crippen molar-refractivity contribution in [2.24, 2.45) is 0 Å². The minimum Gasteiger partial charge on any atom is -0.492 e. The van der Waals surface area contributed by atoms with E-state index >= 15 is 0 Å². The van der Waals surface area contributed by atoms with E-state index in [2.05, 4.69) is 17.3 Å². The number of hydrogen-bond acceptors (Lipinski definition) is 5. The van der Waals surface area contributed by atoms with Gasteiger partial charge in [0.25, 0.3) is 5.91 Å². The number of nitrogens with zero attached hydrogens (tertiary/aromatic N) is 1. The summed E-state index contributed by atoms with van der Waals surface area (Å²) in [6, 6.07) is 11.0. The molecule has 0 bridgehead atoms. The number of rotatable bonds is 10. The molecular weight excluding hydrogens is 406 g/mol. The maximum atomic E-state index is 13.5. The van der Waals surface area contributed by atoms with Gasteiger partial charge in [-0.2, -0.15) is 0 Å². The van der Waals surface area contributed by atoms with Gasteiger partial charge in [-0.1, -0.05) is 12.1 Å². The molecule has 0 atom stereocenters. The summed E-state index contributed by atoms with van der Waals surface area (Å²) in [4.78, 5) is 14.3.